The van der Waals surface area contributed by atoms with Gasteiger partial charge in [0.15, 0.2) is 0 Å². The minimum Gasteiger partial charge on any atom is -0.347 e. The van der Waals surface area contributed by atoms with Crippen LogP contribution in [0.3, 0.4) is 0 Å². The smallest absolute Gasteiger partial charge is 0.251 e. The second-order valence-electron chi connectivity index (χ2n) is 4.28. The Labute approximate surface area is 115 Å². The largest absolute Gasteiger partial charge is 0.347 e. The maximum absolute atomic E-state index is 11.9. The van der Waals surface area contributed by atoms with Gasteiger partial charge in [0, 0.05) is 20.6 Å². The summed E-state index contributed by atoms with van der Waals surface area (Å²) < 4.78 is 1.12. The minimum absolute atomic E-state index is 0.0495. The maximum atomic E-state index is 11.9. The molecule has 0 aromatic heterocycles. The molecule has 0 fully saturated rings. The number of rotatable bonds is 4. The molecule has 0 saturated carbocycles. The van der Waals surface area contributed by atoms with Crippen molar-refractivity contribution in [1.29, 1.82) is 0 Å². The summed E-state index contributed by atoms with van der Waals surface area (Å²) in [6.07, 6.45) is 0.755. The quantitative estimate of drug-likeness (QED) is 0.653. The second-order valence-corrected chi connectivity index (χ2v) is 5.91. The van der Waals surface area contributed by atoms with E-state index in [-0.39, 0.29) is 11.4 Å². The highest BCUT2D eigenvalue weighted by atomic mass is 127. The van der Waals surface area contributed by atoms with Gasteiger partial charge in [-0.15, -0.1) is 11.6 Å². The molecule has 0 aliphatic heterocycles. The monoisotopic (exact) mass is 351 g/mol. The summed E-state index contributed by atoms with van der Waals surface area (Å²) in [5.41, 5.74) is 0.421. The van der Waals surface area contributed by atoms with Crippen molar-refractivity contribution >= 4 is 40.1 Å². The van der Waals surface area contributed by atoms with Crippen LogP contribution in [0.2, 0.25) is 0 Å². The molecule has 1 aromatic carbocycles. The molecule has 1 amide bonds. The van der Waals surface area contributed by atoms with Crippen LogP contribution in [0.1, 0.15) is 30.6 Å². The molecule has 4 heteroatoms. The van der Waals surface area contributed by atoms with Gasteiger partial charge in [-0.3, -0.25) is 4.79 Å². The summed E-state index contributed by atoms with van der Waals surface area (Å²) >= 11 is 7.90. The van der Waals surface area contributed by atoms with E-state index in [1.54, 1.807) is 0 Å². The highest BCUT2D eigenvalue weighted by Crippen LogP contribution is 2.12. The predicted molar refractivity (Wildman–Crippen MR) is 76.0 cm³/mol. The number of hydrogen-bond acceptors (Lipinski definition) is 1. The molecule has 0 unspecified atom stereocenters. The Morgan fingerprint density at radius 2 is 1.94 bits per heavy atom. The zero-order chi connectivity index (χ0) is 12.2. The lowest BCUT2D eigenvalue weighted by molar-refractivity contribution is 0.0911. The third kappa shape index (κ3) is 4.29. The molecule has 2 nitrogen and oxygen atoms in total. The number of amides is 1. The molecule has 88 valence electrons. The maximum Gasteiger partial charge on any atom is 0.251 e. The van der Waals surface area contributed by atoms with Crippen molar-refractivity contribution in [3.63, 3.8) is 0 Å². The van der Waals surface area contributed by atoms with Gasteiger partial charge in [0.25, 0.3) is 5.91 Å². The van der Waals surface area contributed by atoms with Crippen molar-refractivity contribution in [2.45, 2.75) is 25.8 Å². The Hall–Kier alpha value is -0.290. The molecule has 1 aromatic rings. The summed E-state index contributed by atoms with van der Waals surface area (Å²) in [7, 11) is 0. The molecule has 0 aliphatic rings. The van der Waals surface area contributed by atoms with Gasteiger partial charge < -0.3 is 5.32 Å². The first kappa shape index (κ1) is 13.8. The number of carbonyl (C=O) groups is 1. The van der Waals surface area contributed by atoms with Gasteiger partial charge in [0.2, 0.25) is 0 Å². The van der Waals surface area contributed by atoms with Crippen molar-refractivity contribution < 1.29 is 4.79 Å². The Morgan fingerprint density at radius 3 is 2.44 bits per heavy atom. The van der Waals surface area contributed by atoms with E-state index in [1.807, 2.05) is 38.1 Å². The van der Waals surface area contributed by atoms with Crippen molar-refractivity contribution in [2.75, 3.05) is 5.88 Å². The molecule has 0 heterocycles. The van der Waals surface area contributed by atoms with Gasteiger partial charge in [-0.25, -0.2) is 0 Å². The average molecular weight is 352 g/mol. The van der Waals surface area contributed by atoms with Gasteiger partial charge in [-0.05, 0) is 67.1 Å². The van der Waals surface area contributed by atoms with E-state index in [4.69, 9.17) is 11.6 Å². The summed E-state index contributed by atoms with van der Waals surface area (Å²) in [5.74, 6) is 0.492. The fourth-order valence-corrected chi connectivity index (χ4v) is 2.11. The standard InChI is InChI=1S/C12H15ClINO/c1-12(2,7-8-13)15-11(16)9-3-5-10(14)6-4-9/h3-6H,7-8H2,1-2H3,(H,15,16). The highest BCUT2D eigenvalue weighted by Gasteiger charge is 2.20. The number of hydrogen-bond donors (Lipinski definition) is 1. The topological polar surface area (TPSA) is 29.1 Å². The summed E-state index contributed by atoms with van der Waals surface area (Å²) in [6.45, 7) is 3.94. The average Bonchev–Trinajstić information content (AvgIpc) is 2.17. The SMILES string of the molecule is CC(C)(CCCl)NC(=O)c1ccc(I)cc1. The Balaban J connectivity index is 2.69. The van der Waals surface area contributed by atoms with Gasteiger partial charge in [0.05, 0.1) is 0 Å². The van der Waals surface area contributed by atoms with E-state index < -0.39 is 0 Å². The van der Waals surface area contributed by atoms with Crippen molar-refractivity contribution in [3.05, 3.63) is 33.4 Å². The van der Waals surface area contributed by atoms with Gasteiger partial charge in [0.1, 0.15) is 0 Å². The van der Waals surface area contributed by atoms with Crippen molar-refractivity contribution in [3.8, 4) is 0 Å². The molecule has 0 radical (unpaired) electrons. The molecule has 0 atom stereocenters. The van der Waals surface area contributed by atoms with Crippen LogP contribution in [-0.2, 0) is 0 Å². The van der Waals surface area contributed by atoms with E-state index in [0.29, 0.717) is 11.4 Å². The first-order valence-electron chi connectivity index (χ1n) is 5.09. The summed E-state index contributed by atoms with van der Waals surface area (Å²) in [5, 5.41) is 2.97. The fraction of sp³-hybridized carbons (Fsp3) is 0.417. The first-order chi connectivity index (χ1) is 7.44. The molecule has 0 bridgehead atoms. The van der Waals surface area contributed by atoms with E-state index in [2.05, 4.69) is 27.9 Å². The van der Waals surface area contributed by atoms with Crippen LogP contribution >= 0.6 is 34.2 Å². The molecule has 1 rings (SSSR count). The lowest BCUT2D eigenvalue weighted by atomic mass is 10.0. The third-order valence-corrected chi connectivity index (χ3v) is 3.19. The van der Waals surface area contributed by atoms with E-state index in [9.17, 15) is 4.79 Å². The zero-order valence-electron chi connectivity index (χ0n) is 9.39. The van der Waals surface area contributed by atoms with Crippen molar-refractivity contribution in [1.82, 2.24) is 5.32 Å². The fourth-order valence-electron chi connectivity index (χ4n) is 1.28. The van der Waals surface area contributed by atoms with Gasteiger partial charge in [-0.2, -0.15) is 0 Å². The number of benzene rings is 1. The molecule has 16 heavy (non-hydrogen) atoms. The van der Waals surface area contributed by atoms with Gasteiger partial charge in [-0.1, -0.05) is 0 Å². The molecule has 0 aliphatic carbocycles. The molecule has 0 saturated heterocycles. The van der Waals surface area contributed by atoms with Crippen LogP contribution in [0.25, 0.3) is 0 Å². The number of halogens is 2. The highest BCUT2D eigenvalue weighted by molar-refractivity contribution is 14.1. The zero-order valence-corrected chi connectivity index (χ0v) is 12.3. The number of nitrogens with one attached hydrogen (secondary N) is 1. The number of carbonyl (C=O) groups excluding carboxylic acids is 1. The van der Waals surface area contributed by atoms with E-state index in [1.165, 1.54) is 0 Å². The summed E-state index contributed by atoms with van der Waals surface area (Å²) in [4.78, 5) is 11.9. The van der Waals surface area contributed by atoms with Crippen LogP contribution < -0.4 is 5.32 Å². The molecular weight excluding hydrogens is 336 g/mol. The normalized spacial score (nSPS) is 11.2. The van der Waals surface area contributed by atoms with Crippen LogP contribution in [-0.4, -0.2) is 17.3 Å². The van der Waals surface area contributed by atoms with Crippen molar-refractivity contribution in [2.24, 2.45) is 0 Å². The van der Waals surface area contributed by atoms with Crippen LogP contribution in [0.4, 0.5) is 0 Å². The summed E-state index contributed by atoms with van der Waals surface area (Å²) in [6, 6.07) is 7.50. The lowest BCUT2D eigenvalue weighted by Gasteiger charge is -2.25. The predicted octanol–water partition coefficient (Wildman–Crippen LogP) is 3.43. The first-order valence-corrected chi connectivity index (χ1v) is 6.70. The van der Waals surface area contributed by atoms with Gasteiger partial charge >= 0.3 is 0 Å². The molecular formula is C12H15ClINO. The van der Waals surface area contributed by atoms with E-state index >= 15 is 0 Å². The Morgan fingerprint density at radius 1 is 1.38 bits per heavy atom. The molecule has 0 spiro atoms. The third-order valence-electron chi connectivity index (χ3n) is 2.28. The minimum atomic E-state index is -0.262. The van der Waals surface area contributed by atoms with E-state index in [0.717, 1.165) is 9.99 Å². The number of alkyl halides is 1. The Bertz CT molecular complexity index is 362. The Kier molecular flexibility index (Phi) is 5.05. The van der Waals surface area contributed by atoms with Crippen LogP contribution in [0, 0.1) is 3.57 Å². The van der Waals surface area contributed by atoms with Crippen LogP contribution in [0.5, 0.6) is 0 Å². The van der Waals surface area contributed by atoms with Crippen LogP contribution in [0.15, 0.2) is 24.3 Å². The molecule has 1 N–H and O–H groups in total. The lowest BCUT2D eigenvalue weighted by Crippen LogP contribution is -2.43. The second kappa shape index (κ2) is 5.87.